The van der Waals surface area contributed by atoms with Gasteiger partial charge in [-0.05, 0) is 62.8 Å². The minimum Gasteiger partial charge on any atom is -0.339 e. The fourth-order valence-electron chi connectivity index (χ4n) is 4.73. The van der Waals surface area contributed by atoms with Crippen molar-refractivity contribution in [2.45, 2.75) is 51.4 Å². The van der Waals surface area contributed by atoms with Gasteiger partial charge in [-0.25, -0.2) is 0 Å². The summed E-state index contributed by atoms with van der Waals surface area (Å²) in [6.45, 7) is 3.00. The van der Waals surface area contributed by atoms with Crippen LogP contribution in [0.2, 0.25) is 0 Å². The van der Waals surface area contributed by atoms with Crippen LogP contribution in [0.5, 0.6) is 0 Å². The molecular weight excluding hydrogens is 456 g/mol. The van der Waals surface area contributed by atoms with E-state index in [1.54, 1.807) is 48.5 Å². The van der Waals surface area contributed by atoms with Crippen LogP contribution in [0.4, 0.5) is 11.4 Å². The predicted molar refractivity (Wildman–Crippen MR) is 139 cm³/mol. The number of carbonyl (C=O) groups is 4. The van der Waals surface area contributed by atoms with Crippen LogP contribution >= 0.6 is 0 Å². The summed E-state index contributed by atoms with van der Waals surface area (Å²) in [6, 6.07) is 14.2. The van der Waals surface area contributed by atoms with Gasteiger partial charge >= 0.3 is 0 Å². The lowest BCUT2D eigenvalue weighted by molar-refractivity contribution is -0.118. The lowest BCUT2D eigenvalue weighted by Gasteiger charge is -2.18. The number of carbonyl (C=O) groups excluding carboxylic acids is 4. The van der Waals surface area contributed by atoms with Crippen LogP contribution in [0.1, 0.15) is 72.1 Å². The maximum atomic E-state index is 12.8. The Balaban J connectivity index is 1.23. The normalized spacial score (nSPS) is 15.1. The first-order valence-electron chi connectivity index (χ1n) is 12.9. The number of hydrogen-bond donors (Lipinski definition) is 2. The van der Waals surface area contributed by atoms with E-state index in [9.17, 15) is 19.2 Å². The highest BCUT2D eigenvalue weighted by Gasteiger charge is 2.23. The van der Waals surface area contributed by atoms with Crippen LogP contribution in [0.3, 0.4) is 0 Å². The first-order chi connectivity index (χ1) is 17.5. The summed E-state index contributed by atoms with van der Waals surface area (Å²) in [5.74, 6) is -0.468. The zero-order valence-corrected chi connectivity index (χ0v) is 20.6. The van der Waals surface area contributed by atoms with Crippen LogP contribution < -0.4 is 10.6 Å². The molecule has 36 heavy (non-hydrogen) atoms. The molecule has 2 N–H and O–H groups in total. The number of nitrogens with zero attached hydrogens (tertiary/aromatic N) is 2. The van der Waals surface area contributed by atoms with Crippen LogP contribution in [0.15, 0.2) is 48.5 Å². The van der Waals surface area contributed by atoms with Crippen molar-refractivity contribution in [3.8, 4) is 0 Å². The number of para-hydroxylation sites is 2. The number of rotatable bonds is 9. The van der Waals surface area contributed by atoms with Gasteiger partial charge in [0.1, 0.15) is 0 Å². The van der Waals surface area contributed by atoms with Gasteiger partial charge in [-0.2, -0.15) is 0 Å². The molecule has 2 saturated heterocycles. The molecule has 0 bridgehead atoms. The van der Waals surface area contributed by atoms with Gasteiger partial charge in [0.25, 0.3) is 11.8 Å². The summed E-state index contributed by atoms with van der Waals surface area (Å²) < 4.78 is 0. The largest absolute Gasteiger partial charge is 0.339 e. The van der Waals surface area contributed by atoms with E-state index in [0.29, 0.717) is 35.3 Å². The average molecular weight is 491 g/mol. The standard InChI is InChI=1S/C28H34N4O4/c33-25(29-23-13-3-1-11-21(23)27(35)31-17-7-8-18-31)15-5-6-16-26(34)30-24-14-4-2-12-22(24)28(36)32-19-9-10-20-32/h1-4,11-14H,5-10,15-20H2,(H,29,33)(H,30,34). The number of anilines is 2. The highest BCUT2D eigenvalue weighted by Crippen LogP contribution is 2.22. The summed E-state index contributed by atoms with van der Waals surface area (Å²) in [7, 11) is 0. The van der Waals surface area contributed by atoms with E-state index in [0.717, 1.165) is 51.9 Å². The van der Waals surface area contributed by atoms with Crippen molar-refractivity contribution in [1.82, 2.24) is 9.80 Å². The molecule has 4 amide bonds. The van der Waals surface area contributed by atoms with Crippen LogP contribution in [-0.2, 0) is 9.59 Å². The molecule has 0 saturated carbocycles. The number of benzene rings is 2. The molecule has 2 aliphatic heterocycles. The molecule has 4 rings (SSSR count). The van der Waals surface area contributed by atoms with E-state index >= 15 is 0 Å². The third-order valence-corrected chi connectivity index (χ3v) is 6.71. The zero-order valence-electron chi connectivity index (χ0n) is 20.6. The monoisotopic (exact) mass is 490 g/mol. The highest BCUT2D eigenvalue weighted by atomic mass is 16.2. The van der Waals surface area contributed by atoms with E-state index in [-0.39, 0.29) is 36.5 Å². The summed E-state index contributed by atoms with van der Waals surface area (Å²) in [4.78, 5) is 54.2. The lowest BCUT2D eigenvalue weighted by atomic mass is 10.1. The van der Waals surface area contributed by atoms with Gasteiger partial charge in [-0.3, -0.25) is 19.2 Å². The Bertz CT molecular complexity index is 1020. The Labute approximate surface area is 212 Å². The third kappa shape index (κ3) is 6.50. The highest BCUT2D eigenvalue weighted by molar-refractivity contribution is 6.04. The van der Waals surface area contributed by atoms with Crippen molar-refractivity contribution in [2.75, 3.05) is 36.8 Å². The molecule has 2 heterocycles. The second kappa shape index (κ2) is 12.3. The van der Waals surface area contributed by atoms with E-state index in [4.69, 9.17) is 0 Å². The summed E-state index contributed by atoms with van der Waals surface area (Å²) in [5.41, 5.74) is 2.07. The lowest BCUT2D eigenvalue weighted by Crippen LogP contribution is -2.29. The molecule has 2 aromatic carbocycles. The van der Waals surface area contributed by atoms with Crippen molar-refractivity contribution in [3.05, 3.63) is 59.7 Å². The van der Waals surface area contributed by atoms with Crippen molar-refractivity contribution < 1.29 is 19.2 Å². The number of likely N-dealkylation sites (tertiary alicyclic amines) is 2. The Hall–Kier alpha value is -3.68. The van der Waals surface area contributed by atoms with Gasteiger partial charge in [-0.15, -0.1) is 0 Å². The van der Waals surface area contributed by atoms with E-state index in [1.807, 2.05) is 9.80 Å². The Kier molecular flexibility index (Phi) is 8.71. The van der Waals surface area contributed by atoms with E-state index in [1.165, 1.54) is 0 Å². The van der Waals surface area contributed by atoms with Crippen molar-refractivity contribution in [1.29, 1.82) is 0 Å². The Morgan fingerprint density at radius 2 is 0.944 bits per heavy atom. The second-order valence-corrected chi connectivity index (χ2v) is 9.39. The minimum absolute atomic E-state index is 0.0523. The fourth-order valence-corrected chi connectivity index (χ4v) is 4.73. The molecular formula is C28H34N4O4. The molecule has 190 valence electrons. The van der Waals surface area contributed by atoms with E-state index < -0.39 is 0 Å². The Morgan fingerprint density at radius 1 is 0.583 bits per heavy atom. The predicted octanol–water partition coefficient (Wildman–Crippen LogP) is 4.30. The van der Waals surface area contributed by atoms with Gasteiger partial charge in [0, 0.05) is 39.0 Å². The first-order valence-corrected chi connectivity index (χ1v) is 12.9. The molecule has 8 heteroatoms. The molecule has 2 fully saturated rings. The molecule has 2 aliphatic rings. The van der Waals surface area contributed by atoms with Crippen LogP contribution in [0, 0.1) is 0 Å². The van der Waals surface area contributed by atoms with Crippen molar-refractivity contribution in [2.24, 2.45) is 0 Å². The molecule has 0 aliphatic carbocycles. The van der Waals surface area contributed by atoms with Gasteiger partial charge < -0.3 is 20.4 Å². The SMILES string of the molecule is O=C(CCCCC(=O)Nc1ccccc1C(=O)N1CCCC1)Nc1ccccc1C(=O)N1CCCC1. The van der Waals surface area contributed by atoms with Gasteiger partial charge in [0.05, 0.1) is 22.5 Å². The van der Waals surface area contributed by atoms with Crippen molar-refractivity contribution >= 4 is 35.0 Å². The number of hydrogen-bond acceptors (Lipinski definition) is 4. The first kappa shape index (κ1) is 25.4. The summed E-state index contributed by atoms with van der Waals surface area (Å²) in [6.07, 6.45) is 5.61. The average Bonchev–Trinajstić information content (AvgIpc) is 3.62. The van der Waals surface area contributed by atoms with Crippen LogP contribution in [-0.4, -0.2) is 59.6 Å². The Morgan fingerprint density at radius 3 is 1.33 bits per heavy atom. The maximum absolute atomic E-state index is 12.8. The second-order valence-electron chi connectivity index (χ2n) is 9.39. The molecule has 0 atom stereocenters. The van der Waals surface area contributed by atoms with Crippen molar-refractivity contribution in [3.63, 3.8) is 0 Å². The maximum Gasteiger partial charge on any atom is 0.255 e. The third-order valence-electron chi connectivity index (χ3n) is 6.71. The minimum atomic E-state index is -0.182. The molecule has 2 aromatic rings. The van der Waals surface area contributed by atoms with Gasteiger partial charge in [0.2, 0.25) is 11.8 Å². The molecule has 8 nitrogen and oxygen atoms in total. The van der Waals surface area contributed by atoms with E-state index in [2.05, 4.69) is 10.6 Å². The molecule has 0 radical (unpaired) electrons. The number of amides is 4. The zero-order chi connectivity index (χ0) is 25.3. The molecule has 0 unspecified atom stereocenters. The fraction of sp³-hybridized carbons (Fsp3) is 0.429. The van der Waals surface area contributed by atoms with Gasteiger partial charge in [-0.1, -0.05) is 24.3 Å². The molecule has 0 aromatic heterocycles. The van der Waals surface area contributed by atoms with Gasteiger partial charge in [0.15, 0.2) is 0 Å². The quantitative estimate of drug-likeness (QED) is 0.512. The number of nitrogens with one attached hydrogen (secondary N) is 2. The smallest absolute Gasteiger partial charge is 0.255 e. The summed E-state index contributed by atoms with van der Waals surface area (Å²) >= 11 is 0. The van der Waals surface area contributed by atoms with Crippen LogP contribution in [0.25, 0.3) is 0 Å². The topological polar surface area (TPSA) is 98.8 Å². The number of unbranched alkanes of at least 4 members (excludes halogenated alkanes) is 1. The molecule has 0 spiro atoms. The summed E-state index contributed by atoms with van der Waals surface area (Å²) in [5, 5.41) is 5.72.